The molecule has 2 N–H and O–H groups in total. The summed E-state index contributed by atoms with van der Waals surface area (Å²) in [7, 11) is 1.70. The van der Waals surface area contributed by atoms with Gasteiger partial charge in [-0.1, -0.05) is 11.6 Å². The summed E-state index contributed by atoms with van der Waals surface area (Å²) in [5, 5.41) is 0.725. The van der Waals surface area contributed by atoms with Crippen LogP contribution in [0.2, 0.25) is 5.02 Å². The first-order chi connectivity index (χ1) is 13.7. The van der Waals surface area contributed by atoms with E-state index in [2.05, 4.69) is 17.1 Å². The van der Waals surface area contributed by atoms with Gasteiger partial charge in [-0.15, -0.1) is 0 Å². The number of halogens is 1. The fourth-order valence-electron chi connectivity index (χ4n) is 3.70. The van der Waals surface area contributed by atoms with Crippen molar-refractivity contribution < 1.29 is 19.0 Å². The van der Waals surface area contributed by atoms with Crippen molar-refractivity contribution in [3.63, 3.8) is 0 Å². The highest BCUT2D eigenvalue weighted by molar-refractivity contribution is 6.30. The summed E-state index contributed by atoms with van der Waals surface area (Å²) in [4.78, 5) is 7.63. The molecule has 3 aromatic rings. The fourth-order valence-corrected chi connectivity index (χ4v) is 3.82. The first-order valence-corrected chi connectivity index (χ1v) is 10.1. The molecule has 0 radical (unpaired) electrons. The normalized spacial score (nSPS) is 19.5. The molecule has 0 bridgehead atoms. The third-order valence-corrected chi connectivity index (χ3v) is 5.61. The van der Waals surface area contributed by atoms with E-state index in [9.17, 15) is 0 Å². The van der Waals surface area contributed by atoms with Gasteiger partial charge in [0, 0.05) is 16.1 Å². The van der Waals surface area contributed by atoms with Crippen molar-refractivity contribution in [2.45, 2.75) is 13.1 Å². The number of methoxy groups -OCH3 is 1. The van der Waals surface area contributed by atoms with Crippen LogP contribution in [0.3, 0.4) is 0 Å². The van der Waals surface area contributed by atoms with Crippen LogP contribution in [0.15, 0.2) is 59.1 Å². The lowest BCUT2D eigenvalue weighted by Gasteiger charge is -2.29. The standard InChI is InChI=1S/C22H24ClN3O2/c1-27-20-8-2-17(3-9-20)15-25-10-12-26(13-11-25)16-22-24-14-21(28-22)18-4-6-19(23)7-5-18/h2-9,14H,10-13,15-16H2,1H3/p+2. The van der Waals surface area contributed by atoms with E-state index in [0.29, 0.717) is 0 Å². The predicted molar refractivity (Wildman–Crippen MR) is 109 cm³/mol. The van der Waals surface area contributed by atoms with Crippen LogP contribution in [0.4, 0.5) is 0 Å². The van der Waals surface area contributed by atoms with Gasteiger partial charge >= 0.3 is 0 Å². The Kier molecular flexibility index (Phi) is 5.95. The molecule has 2 aromatic carbocycles. The lowest BCUT2D eigenvalue weighted by Crippen LogP contribution is -3.27. The van der Waals surface area contributed by atoms with Gasteiger partial charge in [-0.3, -0.25) is 0 Å². The summed E-state index contributed by atoms with van der Waals surface area (Å²) < 4.78 is 11.2. The summed E-state index contributed by atoms with van der Waals surface area (Å²) in [6.07, 6.45) is 1.81. The number of piperazine rings is 1. The van der Waals surface area contributed by atoms with Gasteiger partial charge in [-0.05, 0) is 48.5 Å². The van der Waals surface area contributed by atoms with Crippen LogP contribution in [0.5, 0.6) is 5.75 Å². The second kappa shape index (κ2) is 8.78. The molecule has 1 aromatic heterocycles. The van der Waals surface area contributed by atoms with Gasteiger partial charge in [-0.25, -0.2) is 4.98 Å². The predicted octanol–water partition coefficient (Wildman–Crippen LogP) is 1.49. The van der Waals surface area contributed by atoms with Gasteiger partial charge in [0.15, 0.2) is 12.3 Å². The molecule has 1 saturated heterocycles. The Morgan fingerprint density at radius 3 is 2.21 bits per heavy atom. The monoisotopic (exact) mass is 399 g/mol. The second-order valence-corrected chi connectivity index (χ2v) is 7.76. The highest BCUT2D eigenvalue weighted by Gasteiger charge is 2.24. The van der Waals surface area contributed by atoms with Crippen molar-refractivity contribution >= 4 is 11.6 Å². The van der Waals surface area contributed by atoms with Crippen molar-refractivity contribution in [1.29, 1.82) is 0 Å². The molecule has 6 heteroatoms. The molecule has 5 nitrogen and oxygen atoms in total. The number of hydrogen-bond acceptors (Lipinski definition) is 3. The molecule has 0 spiro atoms. The highest BCUT2D eigenvalue weighted by atomic mass is 35.5. The molecule has 4 rings (SSSR count). The lowest BCUT2D eigenvalue weighted by molar-refractivity contribution is -1.02. The van der Waals surface area contributed by atoms with Crippen LogP contribution in [0.25, 0.3) is 11.3 Å². The van der Waals surface area contributed by atoms with Gasteiger partial charge in [0.25, 0.3) is 5.89 Å². The quantitative estimate of drug-likeness (QED) is 0.660. The van der Waals surface area contributed by atoms with Crippen molar-refractivity contribution in [1.82, 2.24) is 4.98 Å². The molecule has 0 amide bonds. The molecule has 28 heavy (non-hydrogen) atoms. The van der Waals surface area contributed by atoms with E-state index in [-0.39, 0.29) is 0 Å². The number of nitrogens with zero attached hydrogens (tertiary/aromatic N) is 1. The largest absolute Gasteiger partial charge is 0.497 e. The molecule has 0 unspecified atom stereocenters. The minimum absolute atomic E-state index is 0.725. The Labute approximate surface area is 170 Å². The zero-order valence-corrected chi connectivity index (χ0v) is 16.8. The maximum absolute atomic E-state index is 5.96. The number of oxazole rings is 1. The molecule has 0 aliphatic carbocycles. The van der Waals surface area contributed by atoms with Gasteiger partial charge < -0.3 is 19.0 Å². The molecule has 1 aliphatic heterocycles. The Balaban J connectivity index is 1.28. The molecular weight excluding hydrogens is 374 g/mol. The van der Waals surface area contributed by atoms with Crippen LogP contribution in [0.1, 0.15) is 11.5 Å². The van der Waals surface area contributed by atoms with E-state index in [1.165, 1.54) is 10.5 Å². The van der Waals surface area contributed by atoms with E-state index in [4.69, 9.17) is 20.8 Å². The molecule has 0 atom stereocenters. The first kappa shape index (κ1) is 19.0. The summed E-state index contributed by atoms with van der Waals surface area (Å²) in [6.45, 7) is 6.48. The van der Waals surface area contributed by atoms with Crippen LogP contribution < -0.4 is 14.5 Å². The molecule has 2 heterocycles. The number of ether oxygens (including phenoxy) is 1. The second-order valence-electron chi connectivity index (χ2n) is 7.33. The zero-order chi connectivity index (χ0) is 19.3. The lowest BCUT2D eigenvalue weighted by atomic mass is 10.2. The molecule has 1 aliphatic rings. The van der Waals surface area contributed by atoms with Crippen LogP contribution >= 0.6 is 11.6 Å². The fraction of sp³-hybridized carbons (Fsp3) is 0.318. The number of quaternary nitrogens is 2. The van der Waals surface area contributed by atoms with Gasteiger partial charge in [0.2, 0.25) is 0 Å². The summed E-state index contributed by atoms with van der Waals surface area (Å²) >= 11 is 5.95. The third kappa shape index (κ3) is 4.73. The zero-order valence-electron chi connectivity index (χ0n) is 16.1. The highest BCUT2D eigenvalue weighted by Crippen LogP contribution is 2.22. The number of nitrogens with one attached hydrogen (secondary N) is 2. The molecule has 1 fully saturated rings. The van der Waals surface area contributed by atoms with Gasteiger partial charge in [-0.2, -0.15) is 0 Å². The van der Waals surface area contributed by atoms with Gasteiger partial charge in [0.1, 0.15) is 38.5 Å². The Morgan fingerprint density at radius 1 is 0.929 bits per heavy atom. The Morgan fingerprint density at radius 2 is 1.57 bits per heavy atom. The number of rotatable bonds is 6. The topological polar surface area (TPSA) is 44.1 Å². The van der Waals surface area contributed by atoms with Crippen LogP contribution in [-0.4, -0.2) is 38.3 Å². The van der Waals surface area contributed by atoms with E-state index in [1.54, 1.807) is 12.0 Å². The molecule has 146 valence electrons. The SMILES string of the molecule is COc1ccc(C[NH+]2CC[NH+](Cc3ncc(-c4ccc(Cl)cc4)o3)CC2)cc1. The Bertz CT molecular complexity index is 885. The average Bonchev–Trinajstić information content (AvgIpc) is 3.19. The van der Waals surface area contributed by atoms with Crippen molar-refractivity contribution in [3.8, 4) is 17.1 Å². The van der Waals surface area contributed by atoms with Crippen molar-refractivity contribution in [3.05, 3.63) is 71.2 Å². The Hall–Kier alpha value is -2.34. The average molecular weight is 400 g/mol. The van der Waals surface area contributed by atoms with E-state index in [0.717, 1.165) is 67.3 Å². The van der Waals surface area contributed by atoms with Gasteiger partial charge in [0.05, 0.1) is 13.3 Å². The van der Waals surface area contributed by atoms with E-state index >= 15 is 0 Å². The summed E-state index contributed by atoms with van der Waals surface area (Å²) in [5.74, 6) is 2.52. The minimum Gasteiger partial charge on any atom is -0.497 e. The number of benzene rings is 2. The summed E-state index contributed by atoms with van der Waals surface area (Å²) in [6, 6.07) is 16.1. The molecule has 0 saturated carbocycles. The molecular formula is C22H26ClN3O2+2. The number of hydrogen-bond donors (Lipinski definition) is 2. The van der Waals surface area contributed by atoms with Crippen molar-refractivity contribution in [2.24, 2.45) is 0 Å². The van der Waals surface area contributed by atoms with Crippen LogP contribution in [0, 0.1) is 0 Å². The third-order valence-electron chi connectivity index (χ3n) is 5.36. The summed E-state index contributed by atoms with van der Waals surface area (Å²) in [5.41, 5.74) is 2.37. The minimum atomic E-state index is 0.725. The smallest absolute Gasteiger partial charge is 0.250 e. The number of aromatic nitrogens is 1. The van der Waals surface area contributed by atoms with Crippen molar-refractivity contribution in [2.75, 3.05) is 33.3 Å². The van der Waals surface area contributed by atoms with E-state index < -0.39 is 0 Å². The maximum Gasteiger partial charge on any atom is 0.250 e. The maximum atomic E-state index is 5.96. The van der Waals surface area contributed by atoms with Crippen LogP contribution in [-0.2, 0) is 13.1 Å². The van der Waals surface area contributed by atoms with E-state index in [1.807, 2.05) is 42.6 Å². The first-order valence-electron chi connectivity index (χ1n) is 9.70.